The van der Waals surface area contributed by atoms with Crippen molar-refractivity contribution in [3.63, 3.8) is 0 Å². The highest BCUT2D eigenvalue weighted by molar-refractivity contribution is 8.03. The summed E-state index contributed by atoms with van der Waals surface area (Å²) in [5.74, 6) is 5.22. The van der Waals surface area contributed by atoms with Crippen LogP contribution in [0.1, 0.15) is 32.6 Å². The molecule has 0 aromatic rings. The number of thioether (sulfide) groups is 1. The maximum Gasteiger partial charge on any atom is 0.0212 e. The van der Waals surface area contributed by atoms with Gasteiger partial charge in [0.2, 0.25) is 0 Å². The summed E-state index contributed by atoms with van der Waals surface area (Å²) in [6.45, 7) is 2.22. The van der Waals surface area contributed by atoms with E-state index >= 15 is 0 Å². The SMILES string of the molecule is CCCCSC#CC1CC1. The smallest absolute Gasteiger partial charge is 0.0212 e. The summed E-state index contributed by atoms with van der Waals surface area (Å²) in [6.07, 6.45) is 5.30. The monoisotopic (exact) mass is 154 g/mol. The number of hydrogen-bond donors (Lipinski definition) is 0. The van der Waals surface area contributed by atoms with E-state index in [0.29, 0.717) is 0 Å². The van der Waals surface area contributed by atoms with E-state index in [2.05, 4.69) is 18.1 Å². The van der Waals surface area contributed by atoms with Gasteiger partial charge in [0, 0.05) is 11.7 Å². The zero-order chi connectivity index (χ0) is 7.23. The molecule has 1 aliphatic rings. The average Bonchev–Trinajstić information content (AvgIpc) is 2.71. The predicted octanol–water partition coefficient (Wildman–Crippen LogP) is 2.89. The lowest BCUT2D eigenvalue weighted by Gasteiger charge is -1.87. The molecule has 0 atom stereocenters. The third-order valence-corrected chi connectivity index (χ3v) is 2.27. The molecule has 1 rings (SSSR count). The average molecular weight is 154 g/mol. The van der Waals surface area contributed by atoms with Gasteiger partial charge >= 0.3 is 0 Å². The molecular weight excluding hydrogens is 140 g/mol. The lowest BCUT2D eigenvalue weighted by Crippen LogP contribution is -1.72. The Bertz CT molecular complexity index is 137. The summed E-state index contributed by atoms with van der Waals surface area (Å²) in [4.78, 5) is 0. The van der Waals surface area contributed by atoms with Gasteiger partial charge in [0.05, 0.1) is 0 Å². The fourth-order valence-corrected chi connectivity index (χ4v) is 1.41. The highest BCUT2D eigenvalue weighted by atomic mass is 32.2. The van der Waals surface area contributed by atoms with E-state index in [1.54, 1.807) is 11.8 Å². The van der Waals surface area contributed by atoms with E-state index in [1.165, 1.54) is 31.4 Å². The Balaban J connectivity index is 1.89. The molecule has 0 heterocycles. The van der Waals surface area contributed by atoms with Crippen molar-refractivity contribution >= 4 is 11.8 Å². The van der Waals surface area contributed by atoms with Gasteiger partial charge in [0.1, 0.15) is 0 Å². The second-order valence-corrected chi connectivity index (χ2v) is 3.62. The molecule has 1 saturated carbocycles. The quantitative estimate of drug-likeness (QED) is 0.445. The minimum absolute atomic E-state index is 0.772. The molecule has 1 aliphatic carbocycles. The van der Waals surface area contributed by atoms with Crippen molar-refractivity contribution in [1.29, 1.82) is 0 Å². The molecule has 0 aromatic carbocycles. The highest BCUT2D eigenvalue weighted by Crippen LogP contribution is 2.27. The Morgan fingerprint density at radius 3 is 2.90 bits per heavy atom. The zero-order valence-corrected chi connectivity index (χ0v) is 7.34. The maximum absolute atomic E-state index is 3.23. The Labute approximate surface area is 67.8 Å². The molecule has 0 N–H and O–H groups in total. The first-order chi connectivity index (χ1) is 4.93. The molecule has 1 fully saturated rings. The number of hydrogen-bond acceptors (Lipinski definition) is 1. The van der Waals surface area contributed by atoms with Crippen LogP contribution in [0.5, 0.6) is 0 Å². The van der Waals surface area contributed by atoms with Crippen molar-refractivity contribution in [3.8, 4) is 11.2 Å². The van der Waals surface area contributed by atoms with Crippen LogP contribution >= 0.6 is 11.8 Å². The van der Waals surface area contributed by atoms with Crippen molar-refractivity contribution in [3.05, 3.63) is 0 Å². The minimum Gasteiger partial charge on any atom is -0.0879 e. The zero-order valence-electron chi connectivity index (χ0n) is 6.52. The van der Waals surface area contributed by atoms with Gasteiger partial charge in [-0.2, -0.15) is 0 Å². The molecular formula is C9H14S. The van der Waals surface area contributed by atoms with Crippen LogP contribution in [0.2, 0.25) is 0 Å². The molecule has 0 unspecified atom stereocenters. The van der Waals surface area contributed by atoms with Gasteiger partial charge in [-0.3, -0.25) is 0 Å². The molecule has 10 heavy (non-hydrogen) atoms. The molecule has 0 bridgehead atoms. The summed E-state index contributed by atoms with van der Waals surface area (Å²) in [5, 5.41) is 3.15. The van der Waals surface area contributed by atoms with Gasteiger partial charge in [-0.25, -0.2) is 0 Å². The molecule has 56 valence electrons. The Morgan fingerprint density at radius 1 is 1.50 bits per heavy atom. The van der Waals surface area contributed by atoms with E-state index in [4.69, 9.17) is 0 Å². The summed E-state index contributed by atoms with van der Waals surface area (Å²) in [5.41, 5.74) is 0. The van der Waals surface area contributed by atoms with Crippen LogP contribution in [0.4, 0.5) is 0 Å². The third-order valence-electron chi connectivity index (χ3n) is 1.51. The van der Waals surface area contributed by atoms with E-state index in [1.807, 2.05) is 0 Å². The molecule has 0 amide bonds. The summed E-state index contributed by atoms with van der Waals surface area (Å²) >= 11 is 1.79. The standard InChI is InChI=1S/C9H14S/c1-2-3-7-10-8-6-9-4-5-9/h9H,2-5,7H2,1H3. The maximum atomic E-state index is 3.23. The van der Waals surface area contributed by atoms with Crippen molar-refractivity contribution < 1.29 is 0 Å². The van der Waals surface area contributed by atoms with Gasteiger partial charge in [-0.15, -0.1) is 0 Å². The Hall–Kier alpha value is -0.0900. The van der Waals surface area contributed by atoms with E-state index < -0.39 is 0 Å². The van der Waals surface area contributed by atoms with Crippen LogP contribution in [0.25, 0.3) is 0 Å². The Morgan fingerprint density at radius 2 is 2.30 bits per heavy atom. The van der Waals surface area contributed by atoms with Crippen molar-refractivity contribution in [2.24, 2.45) is 5.92 Å². The summed E-state index contributed by atoms with van der Waals surface area (Å²) in [6, 6.07) is 0. The van der Waals surface area contributed by atoms with Crippen LogP contribution in [-0.2, 0) is 0 Å². The fourth-order valence-electron chi connectivity index (χ4n) is 0.620. The third kappa shape index (κ3) is 3.85. The molecule has 0 aromatic heterocycles. The normalized spacial score (nSPS) is 16.1. The van der Waals surface area contributed by atoms with Crippen LogP contribution in [0.15, 0.2) is 0 Å². The summed E-state index contributed by atoms with van der Waals surface area (Å²) < 4.78 is 0. The van der Waals surface area contributed by atoms with Crippen LogP contribution in [0, 0.1) is 17.1 Å². The first kappa shape index (κ1) is 8.01. The van der Waals surface area contributed by atoms with Crippen molar-refractivity contribution in [1.82, 2.24) is 0 Å². The molecule has 0 saturated heterocycles. The van der Waals surface area contributed by atoms with Crippen LogP contribution in [0.3, 0.4) is 0 Å². The second kappa shape index (κ2) is 4.68. The second-order valence-electron chi connectivity index (χ2n) is 2.72. The topological polar surface area (TPSA) is 0 Å². The van der Waals surface area contributed by atoms with Gasteiger partial charge < -0.3 is 0 Å². The largest absolute Gasteiger partial charge is 0.0879 e. The number of rotatable bonds is 3. The van der Waals surface area contributed by atoms with Gasteiger partial charge in [-0.05, 0) is 24.5 Å². The van der Waals surface area contributed by atoms with Gasteiger partial charge in [-0.1, -0.05) is 31.0 Å². The van der Waals surface area contributed by atoms with Crippen molar-refractivity contribution in [2.75, 3.05) is 5.75 Å². The lowest BCUT2D eigenvalue weighted by molar-refractivity contribution is 0.898. The van der Waals surface area contributed by atoms with Gasteiger partial charge in [0.25, 0.3) is 0 Å². The van der Waals surface area contributed by atoms with E-state index in [-0.39, 0.29) is 0 Å². The molecule has 0 radical (unpaired) electrons. The van der Waals surface area contributed by atoms with E-state index in [9.17, 15) is 0 Å². The van der Waals surface area contributed by atoms with Crippen LogP contribution in [-0.4, -0.2) is 5.75 Å². The number of unbranched alkanes of at least 4 members (excludes halogenated alkanes) is 1. The highest BCUT2D eigenvalue weighted by Gasteiger charge is 2.17. The predicted molar refractivity (Wildman–Crippen MR) is 47.9 cm³/mol. The fraction of sp³-hybridized carbons (Fsp3) is 0.778. The lowest BCUT2D eigenvalue weighted by atomic mass is 10.4. The molecule has 1 heteroatoms. The first-order valence-corrected chi connectivity index (χ1v) is 5.04. The molecule has 0 nitrogen and oxygen atoms in total. The van der Waals surface area contributed by atoms with E-state index in [0.717, 1.165) is 5.92 Å². The van der Waals surface area contributed by atoms with Gasteiger partial charge in [0.15, 0.2) is 0 Å². The molecule has 0 aliphatic heterocycles. The van der Waals surface area contributed by atoms with Crippen molar-refractivity contribution in [2.45, 2.75) is 32.6 Å². The van der Waals surface area contributed by atoms with Crippen LogP contribution < -0.4 is 0 Å². The Kier molecular flexibility index (Phi) is 3.75. The summed E-state index contributed by atoms with van der Waals surface area (Å²) in [7, 11) is 0. The minimum atomic E-state index is 0.772. The first-order valence-electron chi connectivity index (χ1n) is 4.06. The molecule has 0 spiro atoms.